The first-order valence-corrected chi connectivity index (χ1v) is 7.58. The first kappa shape index (κ1) is 14.6. The molecular formula is C16H23FN2O2. The van der Waals surface area contributed by atoms with Gasteiger partial charge >= 0.3 is 0 Å². The van der Waals surface area contributed by atoms with Crippen LogP contribution in [0.3, 0.4) is 0 Å². The van der Waals surface area contributed by atoms with Crippen LogP contribution in [-0.2, 0) is 0 Å². The van der Waals surface area contributed by atoms with Crippen molar-refractivity contribution in [1.29, 1.82) is 0 Å². The molecule has 0 aliphatic carbocycles. The predicted molar refractivity (Wildman–Crippen MR) is 79.5 cm³/mol. The summed E-state index contributed by atoms with van der Waals surface area (Å²) in [5, 5.41) is 0. The zero-order chi connectivity index (χ0) is 15.0. The van der Waals surface area contributed by atoms with Crippen molar-refractivity contribution in [1.82, 2.24) is 4.90 Å². The molecule has 116 valence electrons. The highest BCUT2D eigenvalue weighted by Gasteiger charge is 2.33. The first-order valence-electron chi connectivity index (χ1n) is 7.58. The molecule has 1 aromatic rings. The molecule has 5 heteroatoms. The van der Waals surface area contributed by atoms with E-state index in [2.05, 4.69) is 11.9 Å². The molecule has 1 aromatic carbocycles. The number of rotatable bonds is 3. The Kier molecular flexibility index (Phi) is 4.04. The number of ether oxygens (including phenoxy) is 2. The molecule has 1 fully saturated rings. The number of halogens is 1. The maximum absolute atomic E-state index is 14.1. The molecule has 2 heterocycles. The normalized spacial score (nSPS) is 26.9. The van der Waals surface area contributed by atoms with Gasteiger partial charge in [-0.15, -0.1) is 0 Å². The molecule has 0 aromatic heterocycles. The molecule has 21 heavy (non-hydrogen) atoms. The van der Waals surface area contributed by atoms with Crippen molar-refractivity contribution in [3.05, 3.63) is 23.3 Å². The van der Waals surface area contributed by atoms with E-state index >= 15 is 0 Å². The number of hydrogen-bond acceptors (Lipinski definition) is 4. The van der Waals surface area contributed by atoms with Gasteiger partial charge in [0.05, 0.1) is 0 Å². The summed E-state index contributed by atoms with van der Waals surface area (Å²) in [6.45, 7) is 4.26. The van der Waals surface area contributed by atoms with Gasteiger partial charge in [0.1, 0.15) is 19.4 Å². The van der Waals surface area contributed by atoms with Crippen molar-refractivity contribution in [3.63, 3.8) is 0 Å². The molecular weight excluding hydrogens is 271 g/mol. The molecule has 0 radical (unpaired) electrons. The van der Waals surface area contributed by atoms with Crippen molar-refractivity contribution in [2.45, 2.75) is 25.6 Å². The van der Waals surface area contributed by atoms with Gasteiger partial charge in [0.15, 0.2) is 11.5 Å². The summed E-state index contributed by atoms with van der Waals surface area (Å²) in [5.41, 5.74) is 7.51. The smallest absolute Gasteiger partial charge is 0.161 e. The van der Waals surface area contributed by atoms with Crippen LogP contribution in [0.5, 0.6) is 11.5 Å². The Morgan fingerprint density at radius 3 is 2.57 bits per heavy atom. The summed E-state index contributed by atoms with van der Waals surface area (Å²) in [6, 6.07) is 3.96. The third-order valence-electron chi connectivity index (χ3n) is 4.50. The Balaban J connectivity index is 2.00. The summed E-state index contributed by atoms with van der Waals surface area (Å²) in [5.74, 6) is 1.85. The van der Waals surface area contributed by atoms with E-state index in [9.17, 15) is 4.39 Å². The van der Waals surface area contributed by atoms with Crippen LogP contribution in [0.25, 0.3) is 0 Å². The van der Waals surface area contributed by atoms with Gasteiger partial charge in [0.2, 0.25) is 0 Å². The Bertz CT molecular complexity index is 521. The molecule has 0 saturated carbocycles. The van der Waals surface area contributed by atoms with E-state index in [0.29, 0.717) is 37.0 Å². The molecule has 4 nitrogen and oxygen atoms in total. The molecule has 0 amide bonds. The fourth-order valence-electron chi connectivity index (χ4n) is 3.39. The van der Waals surface area contributed by atoms with Gasteiger partial charge in [0.25, 0.3) is 0 Å². The number of benzene rings is 1. The molecule has 0 bridgehead atoms. The van der Waals surface area contributed by atoms with Gasteiger partial charge in [0, 0.05) is 12.6 Å². The Morgan fingerprint density at radius 2 is 2.00 bits per heavy atom. The highest BCUT2D eigenvalue weighted by atomic mass is 19.1. The first-order chi connectivity index (χ1) is 10.1. The minimum Gasteiger partial charge on any atom is -0.486 e. The topological polar surface area (TPSA) is 47.7 Å². The van der Waals surface area contributed by atoms with E-state index in [1.165, 1.54) is 0 Å². The average Bonchev–Trinajstić information content (AvgIpc) is 2.87. The van der Waals surface area contributed by atoms with Crippen LogP contribution in [0.2, 0.25) is 0 Å². The molecule has 3 atom stereocenters. The quantitative estimate of drug-likeness (QED) is 0.930. The SMILES string of the molecule is CC(F)c1cc2c(cc1C1CC(CN)CN1C)OCCO2. The second-order valence-electron chi connectivity index (χ2n) is 6.03. The lowest BCUT2D eigenvalue weighted by Gasteiger charge is -2.26. The van der Waals surface area contributed by atoms with E-state index in [1.807, 2.05) is 6.07 Å². The van der Waals surface area contributed by atoms with Gasteiger partial charge in [-0.2, -0.15) is 0 Å². The van der Waals surface area contributed by atoms with Crippen molar-refractivity contribution in [3.8, 4) is 11.5 Å². The molecule has 0 spiro atoms. The van der Waals surface area contributed by atoms with Crippen LogP contribution in [0.4, 0.5) is 4.39 Å². The lowest BCUT2D eigenvalue weighted by atomic mass is 9.93. The maximum Gasteiger partial charge on any atom is 0.161 e. The molecule has 3 unspecified atom stereocenters. The maximum atomic E-state index is 14.1. The number of nitrogens with two attached hydrogens (primary N) is 1. The van der Waals surface area contributed by atoms with Gasteiger partial charge < -0.3 is 15.2 Å². The molecule has 2 aliphatic rings. The summed E-state index contributed by atoms with van der Waals surface area (Å²) < 4.78 is 25.3. The molecule has 2 aliphatic heterocycles. The van der Waals surface area contributed by atoms with E-state index in [-0.39, 0.29) is 6.04 Å². The van der Waals surface area contributed by atoms with Crippen LogP contribution in [0.15, 0.2) is 12.1 Å². The average molecular weight is 294 g/mol. The molecule has 2 N–H and O–H groups in total. The third-order valence-corrected chi connectivity index (χ3v) is 4.50. The van der Waals surface area contributed by atoms with Crippen molar-refractivity contribution >= 4 is 0 Å². The zero-order valence-electron chi connectivity index (χ0n) is 12.6. The lowest BCUT2D eigenvalue weighted by Crippen LogP contribution is -2.22. The number of nitrogens with zero attached hydrogens (tertiary/aromatic N) is 1. The second kappa shape index (κ2) is 5.81. The van der Waals surface area contributed by atoms with E-state index in [1.54, 1.807) is 13.0 Å². The van der Waals surface area contributed by atoms with E-state index in [4.69, 9.17) is 15.2 Å². The van der Waals surface area contributed by atoms with Crippen LogP contribution < -0.4 is 15.2 Å². The Labute approximate surface area is 125 Å². The van der Waals surface area contributed by atoms with Gasteiger partial charge in [-0.05, 0) is 56.1 Å². The highest BCUT2D eigenvalue weighted by Crippen LogP contribution is 2.43. The summed E-state index contributed by atoms with van der Waals surface area (Å²) in [7, 11) is 2.07. The number of likely N-dealkylation sites (tertiary alicyclic amines) is 1. The van der Waals surface area contributed by atoms with Gasteiger partial charge in [-0.1, -0.05) is 0 Å². The summed E-state index contributed by atoms with van der Waals surface area (Å²) >= 11 is 0. The fourth-order valence-corrected chi connectivity index (χ4v) is 3.39. The highest BCUT2D eigenvalue weighted by molar-refractivity contribution is 5.50. The predicted octanol–water partition coefficient (Wildman–Crippen LogP) is 2.44. The summed E-state index contributed by atoms with van der Waals surface area (Å²) in [6.07, 6.45) is -0.0621. The van der Waals surface area contributed by atoms with Crippen LogP contribution in [0.1, 0.15) is 36.7 Å². The van der Waals surface area contributed by atoms with Crippen LogP contribution >= 0.6 is 0 Å². The molecule has 3 rings (SSSR count). The largest absolute Gasteiger partial charge is 0.486 e. The Hall–Kier alpha value is -1.33. The number of fused-ring (bicyclic) bond motifs is 1. The third kappa shape index (κ3) is 2.72. The van der Waals surface area contributed by atoms with Crippen molar-refractivity contribution < 1.29 is 13.9 Å². The lowest BCUT2D eigenvalue weighted by molar-refractivity contribution is 0.170. The van der Waals surface area contributed by atoms with Crippen LogP contribution in [-0.4, -0.2) is 38.3 Å². The number of hydrogen-bond donors (Lipinski definition) is 1. The fraction of sp³-hybridized carbons (Fsp3) is 0.625. The van der Waals surface area contributed by atoms with Crippen LogP contribution in [0, 0.1) is 5.92 Å². The molecule has 1 saturated heterocycles. The minimum atomic E-state index is -1.03. The van der Waals surface area contributed by atoms with Gasteiger partial charge in [-0.25, -0.2) is 4.39 Å². The zero-order valence-corrected chi connectivity index (χ0v) is 12.6. The van der Waals surface area contributed by atoms with Gasteiger partial charge in [-0.3, -0.25) is 4.90 Å². The number of alkyl halides is 1. The van der Waals surface area contributed by atoms with E-state index in [0.717, 1.165) is 24.3 Å². The minimum absolute atomic E-state index is 0.197. The Morgan fingerprint density at radius 1 is 1.33 bits per heavy atom. The summed E-state index contributed by atoms with van der Waals surface area (Å²) in [4.78, 5) is 2.26. The second-order valence-corrected chi connectivity index (χ2v) is 6.03. The van der Waals surface area contributed by atoms with E-state index < -0.39 is 6.17 Å². The van der Waals surface area contributed by atoms with Crippen molar-refractivity contribution in [2.75, 3.05) is 33.4 Å². The standard InChI is InChI=1S/C16H23FN2O2/c1-10(17)12-6-15-16(21-4-3-20-15)7-13(12)14-5-11(8-18)9-19(14)2/h6-7,10-11,14H,3-5,8-9,18H2,1-2H3. The monoisotopic (exact) mass is 294 g/mol. The van der Waals surface area contributed by atoms with Crippen molar-refractivity contribution in [2.24, 2.45) is 11.7 Å².